The Labute approximate surface area is 207 Å². The van der Waals surface area contributed by atoms with Gasteiger partial charge in [-0.25, -0.2) is 9.59 Å². The number of carbonyl (C=O) groups is 3. The predicted molar refractivity (Wildman–Crippen MR) is 131 cm³/mol. The molecule has 3 heterocycles. The first-order valence-electron chi connectivity index (χ1n) is 13.3. The molecule has 1 aromatic rings. The standard InChI is InChI=1S/C28H36N2O5/c31-24-21-28(34-25(32)15-16-26(33)35-28)30(23-13-9-6-10-14-23)27(24)17-19-29(20-18-27)22-11-7-4-2-1-3-5-8-12-22/h6,9-10,13-16,22H,1-5,7-8,11-12,17-21H2. The molecule has 35 heavy (non-hydrogen) atoms. The van der Waals surface area contributed by atoms with E-state index in [1.807, 2.05) is 30.3 Å². The first-order valence-corrected chi connectivity index (χ1v) is 13.3. The zero-order chi connectivity index (χ0) is 24.3. The van der Waals surface area contributed by atoms with Gasteiger partial charge in [0.2, 0.25) is 0 Å². The Morgan fingerprint density at radius 2 is 1.29 bits per heavy atom. The molecule has 7 heteroatoms. The van der Waals surface area contributed by atoms with E-state index in [9.17, 15) is 14.4 Å². The Balaban J connectivity index is 1.41. The van der Waals surface area contributed by atoms with Gasteiger partial charge in [0, 0.05) is 37.0 Å². The molecule has 1 aromatic carbocycles. The number of likely N-dealkylation sites (tertiary alicyclic amines) is 1. The van der Waals surface area contributed by atoms with Crippen LogP contribution in [0.2, 0.25) is 0 Å². The fourth-order valence-corrected chi connectivity index (χ4v) is 6.54. The molecule has 0 aromatic heterocycles. The van der Waals surface area contributed by atoms with E-state index in [0.717, 1.165) is 25.2 Å². The molecule has 0 radical (unpaired) electrons. The van der Waals surface area contributed by atoms with Crippen LogP contribution in [0, 0.1) is 0 Å². The molecule has 3 aliphatic heterocycles. The molecule has 0 atom stereocenters. The molecule has 1 saturated carbocycles. The number of rotatable bonds is 2. The number of ether oxygens (including phenoxy) is 2. The molecule has 5 rings (SSSR count). The number of esters is 2. The molecule has 3 fully saturated rings. The molecule has 0 unspecified atom stereocenters. The normalized spacial score (nSPS) is 25.9. The van der Waals surface area contributed by atoms with Gasteiger partial charge in [-0.15, -0.1) is 0 Å². The van der Waals surface area contributed by atoms with Crippen LogP contribution in [0.4, 0.5) is 5.69 Å². The van der Waals surface area contributed by atoms with Gasteiger partial charge in [0.25, 0.3) is 0 Å². The van der Waals surface area contributed by atoms with Gasteiger partial charge < -0.3 is 14.4 Å². The van der Waals surface area contributed by atoms with Crippen molar-refractivity contribution in [3.05, 3.63) is 42.5 Å². The lowest BCUT2D eigenvalue weighted by Crippen LogP contribution is -2.63. The van der Waals surface area contributed by atoms with E-state index in [4.69, 9.17) is 9.47 Å². The zero-order valence-electron chi connectivity index (χ0n) is 20.5. The maximum absolute atomic E-state index is 13.7. The summed E-state index contributed by atoms with van der Waals surface area (Å²) >= 11 is 0. The Morgan fingerprint density at radius 1 is 0.743 bits per heavy atom. The van der Waals surface area contributed by atoms with E-state index < -0.39 is 23.4 Å². The maximum Gasteiger partial charge on any atom is 0.351 e. The number of piperidine rings is 1. The van der Waals surface area contributed by atoms with Crippen LogP contribution >= 0.6 is 0 Å². The summed E-state index contributed by atoms with van der Waals surface area (Å²) < 4.78 is 11.4. The van der Waals surface area contributed by atoms with E-state index in [1.54, 1.807) is 4.90 Å². The number of carbonyl (C=O) groups excluding carboxylic acids is 3. The summed E-state index contributed by atoms with van der Waals surface area (Å²) in [5.74, 6) is -3.15. The number of ketones is 1. The Bertz CT molecular complexity index is 937. The van der Waals surface area contributed by atoms with Crippen molar-refractivity contribution in [2.45, 2.75) is 94.5 Å². The average Bonchev–Trinajstić information content (AvgIpc) is 2.97. The fraction of sp³-hybridized carbons (Fsp3) is 0.607. The van der Waals surface area contributed by atoms with Gasteiger partial charge in [0.05, 0.1) is 0 Å². The number of para-hydroxylation sites is 1. The minimum Gasteiger partial charge on any atom is -0.400 e. The van der Waals surface area contributed by atoms with Crippen LogP contribution in [0.15, 0.2) is 42.5 Å². The largest absolute Gasteiger partial charge is 0.400 e. The number of benzene rings is 1. The lowest BCUT2D eigenvalue weighted by atomic mass is 9.82. The number of anilines is 1. The minimum atomic E-state index is -1.76. The van der Waals surface area contributed by atoms with E-state index in [0.29, 0.717) is 24.6 Å². The third-order valence-electron chi connectivity index (χ3n) is 8.28. The minimum absolute atomic E-state index is 0.0329. The molecule has 7 nitrogen and oxygen atoms in total. The quantitative estimate of drug-likeness (QED) is 0.577. The Kier molecular flexibility index (Phi) is 6.96. The van der Waals surface area contributed by atoms with Crippen LogP contribution in [-0.4, -0.2) is 53.2 Å². The summed E-state index contributed by atoms with van der Waals surface area (Å²) in [7, 11) is 0. The predicted octanol–water partition coefficient (Wildman–Crippen LogP) is 4.50. The Morgan fingerprint density at radius 3 is 1.86 bits per heavy atom. The third-order valence-corrected chi connectivity index (χ3v) is 8.28. The summed E-state index contributed by atoms with van der Waals surface area (Å²) in [4.78, 5) is 43.0. The van der Waals surface area contributed by atoms with Crippen LogP contribution in [0.25, 0.3) is 0 Å². The number of nitrogens with zero attached hydrogens (tertiary/aromatic N) is 2. The lowest BCUT2D eigenvalue weighted by molar-refractivity contribution is -0.217. The van der Waals surface area contributed by atoms with Gasteiger partial charge in [0.15, 0.2) is 5.78 Å². The smallest absolute Gasteiger partial charge is 0.351 e. The average molecular weight is 481 g/mol. The molecule has 0 N–H and O–H groups in total. The second kappa shape index (κ2) is 10.1. The van der Waals surface area contributed by atoms with Crippen molar-refractivity contribution in [2.24, 2.45) is 0 Å². The molecule has 2 spiro atoms. The topological polar surface area (TPSA) is 76.2 Å². The van der Waals surface area contributed by atoms with Gasteiger partial charge >= 0.3 is 17.8 Å². The van der Waals surface area contributed by atoms with E-state index in [2.05, 4.69) is 4.90 Å². The van der Waals surface area contributed by atoms with Crippen molar-refractivity contribution in [3.63, 3.8) is 0 Å². The van der Waals surface area contributed by atoms with Crippen LogP contribution in [0.3, 0.4) is 0 Å². The van der Waals surface area contributed by atoms with Crippen molar-refractivity contribution < 1.29 is 23.9 Å². The molecule has 188 valence electrons. The molecule has 4 aliphatic rings. The highest BCUT2D eigenvalue weighted by atomic mass is 16.8. The third kappa shape index (κ3) is 4.75. The van der Waals surface area contributed by atoms with E-state index >= 15 is 0 Å². The number of hydrogen-bond acceptors (Lipinski definition) is 7. The summed E-state index contributed by atoms with van der Waals surface area (Å²) in [5, 5.41) is 0. The van der Waals surface area contributed by atoms with Gasteiger partial charge in [-0.3, -0.25) is 9.69 Å². The highest BCUT2D eigenvalue weighted by molar-refractivity contribution is 6.00. The van der Waals surface area contributed by atoms with Crippen molar-refractivity contribution in [1.82, 2.24) is 4.90 Å². The highest BCUT2D eigenvalue weighted by Crippen LogP contribution is 2.49. The molecule has 0 amide bonds. The number of Topliss-reactive ketones (excluding diaryl/α,β-unsaturated/α-hetero) is 1. The van der Waals surface area contributed by atoms with Gasteiger partial charge in [-0.05, 0) is 37.8 Å². The summed E-state index contributed by atoms with van der Waals surface area (Å²) in [6.07, 6.45) is 14.8. The van der Waals surface area contributed by atoms with Gasteiger partial charge in [-0.2, -0.15) is 0 Å². The summed E-state index contributed by atoms with van der Waals surface area (Å²) in [6.45, 7) is 1.60. The van der Waals surface area contributed by atoms with Crippen molar-refractivity contribution in [1.29, 1.82) is 0 Å². The van der Waals surface area contributed by atoms with Crippen LogP contribution in [0.5, 0.6) is 0 Å². The lowest BCUT2D eigenvalue weighted by Gasteiger charge is -2.49. The monoisotopic (exact) mass is 480 g/mol. The van der Waals surface area contributed by atoms with Crippen LogP contribution in [-0.2, 0) is 23.9 Å². The fourth-order valence-electron chi connectivity index (χ4n) is 6.54. The second-order valence-electron chi connectivity index (χ2n) is 10.4. The number of hydrogen-bond donors (Lipinski definition) is 0. The summed E-state index contributed by atoms with van der Waals surface area (Å²) in [5.41, 5.74) is -0.161. The molecule has 2 saturated heterocycles. The van der Waals surface area contributed by atoms with E-state index in [1.165, 1.54) is 57.8 Å². The van der Waals surface area contributed by atoms with Crippen molar-refractivity contribution >= 4 is 23.4 Å². The second-order valence-corrected chi connectivity index (χ2v) is 10.4. The molecule has 1 aliphatic carbocycles. The first-order chi connectivity index (χ1) is 17.0. The maximum atomic E-state index is 13.7. The van der Waals surface area contributed by atoms with Crippen LogP contribution in [0.1, 0.15) is 77.0 Å². The van der Waals surface area contributed by atoms with Gasteiger partial charge in [0.1, 0.15) is 12.0 Å². The highest BCUT2D eigenvalue weighted by Gasteiger charge is 2.66. The van der Waals surface area contributed by atoms with Crippen molar-refractivity contribution in [3.8, 4) is 0 Å². The van der Waals surface area contributed by atoms with Crippen molar-refractivity contribution in [2.75, 3.05) is 18.0 Å². The SMILES string of the molecule is O=C1C=CC(=O)OC2(CC(=O)C3(CCN(C4CCCCCCCCC4)CC3)N2c2ccccc2)O1. The zero-order valence-corrected chi connectivity index (χ0v) is 20.5. The molecular formula is C28H36N2O5. The van der Waals surface area contributed by atoms with Crippen LogP contribution < -0.4 is 4.90 Å². The first kappa shape index (κ1) is 24.0. The molecule has 0 bridgehead atoms. The van der Waals surface area contributed by atoms with Gasteiger partial charge in [-0.1, -0.05) is 63.1 Å². The van der Waals surface area contributed by atoms with E-state index in [-0.39, 0.29) is 12.2 Å². The molecular weight excluding hydrogens is 444 g/mol. The Hall–Kier alpha value is -2.67. The summed E-state index contributed by atoms with van der Waals surface area (Å²) in [6, 6.07) is 9.99.